The fraction of sp³-hybridized carbons (Fsp3) is 0.300. The summed E-state index contributed by atoms with van der Waals surface area (Å²) in [5.74, 6) is -1.32. The second kappa shape index (κ2) is 9.99. The molecule has 1 aromatic carbocycles. The monoisotopic (exact) mass is 430 g/mol. The average Bonchev–Trinajstić information content (AvgIpc) is 3.27. The molecule has 158 valence electrons. The standard InChI is InChI=1S/C20H22N4O5S/c1-29-18(26)11-15-19(27)21-8-9-24(15)12-17(25)22-13-4-6-14(7-5-13)23-20(28)16-3-2-10-30-16/h2-7,10,15H,8-9,11-12H2,1H3,(H,21,27)(H,22,25)(H,23,28). The maximum Gasteiger partial charge on any atom is 0.307 e. The number of nitrogens with one attached hydrogen (secondary N) is 3. The van der Waals surface area contributed by atoms with Crippen molar-refractivity contribution < 1.29 is 23.9 Å². The number of piperazine rings is 1. The Labute approximate surface area is 177 Å². The van der Waals surface area contributed by atoms with Crippen molar-refractivity contribution >= 4 is 46.4 Å². The molecule has 1 fully saturated rings. The van der Waals surface area contributed by atoms with Crippen molar-refractivity contribution in [2.24, 2.45) is 0 Å². The summed E-state index contributed by atoms with van der Waals surface area (Å²) in [7, 11) is 1.26. The van der Waals surface area contributed by atoms with Gasteiger partial charge in [-0.3, -0.25) is 24.1 Å². The number of amides is 3. The normalized spacial score (nSPS) is 16.4. The minimum absolute atomic E-state index is 0.0358. The van der Waals surface area contributed by atoms with Gasteiger partial charge in [0.05, 0.1) is 25.0 Å². The van der Waals surface area contributed by atoms with Crippen LogP contribution in [0.1, 0.15) is 16.1 Å². The van der Waals surface area contributed by atoms with Crippen molar-refractivity contribution in [2.45, 2.75) is 12.5 Å². The number of anilines is 2. The van der Waals surface area contributed by atoms with Gasteiger partial charge in [0.1, 0.15) is 6.04 Å². The summed E-state index contributed by atoms with van der Waals surface area (Å²) in [6.45, 7) is 0.822. The number of thiophene rings is 1. The number of esters is 1. The zero-order chi connectivity index (χ0) is 21.5. The van der Waals surface area contributed by atoms with Crippen molar-refractivity contribution in [2.75, 3.05) is 37.4 Å². The third-order valence-corrected chi connectivity index (χ3v) is 5.42. The van der Waals surface area contributed by atoms with E-state index >= 15 is 0 Å². The first-order valence-electron chi connectivity index (χ1n) is 9.29. The lowest BCUT2D eigenvalue weighted by Crippen LogP contribution is -2.57. The average molecular weight is 430 g/mol. The topological polar surface area (TPSA) is 117 Å². The van der Waals surface area contributed by atoms with Gasteiger partial charge in [0, 0.05) is 24.5 Å². The molecular formula is C20H22N4O5S. The van der Waals surface area contributed by atoms with E-state index in [0.29, 0.717) is 29.3 Å². The molecule has 1 aliphatic heterocycles. The van der Waals surface area contributed by atoms with Crippen LogP contribution in [0.4, 0.5) is 11.4 Å². The van der Waals surface area contributed by atoms with E-state index in [1.165, 1.54) is 18.4 Å². The molecule has 3 amide bonds. The summed E-state index contributed by atoms with van der Waals surface area (Å²) in [6.07, 6.45) is -0.117. The Balaban J connectivity index is 1.55. The predicted octanol–water partition coefficient (Wildman–Crippen LogP) is 1.30. The minimum atomic E-state index is -0.744. The number of hydrogen-bond donors (Lipinski definition) is 3. The summed E-state index contributed by atoms with van der Waals surface area (Å²) >= 11 is 1.35. The van der Waals surface area contributed by atoms with Crippen LogP contribution in [0.25, 0.3) is 0 Å². The molecule has 1 aliphatic rings. The Morgan fingerprint density at radius 2 is 1.87 bits per heavy atom. The Kier molecular flexibility index (Phi) is 7.15. The smallest absolute Gasteiger partial charge is 0.307 e. The number of nitrogens with zero attached hydrogens (tertiary/aromatic N) is 1. The Bertz CT molecular complexity index is 914. The fourth-order valence-corrected chi connectivity index (χ4v) is 3.66. The van der Waals surface area contributed by atoms with E-state index in [4.69, 9.17) is 0 Å². The van der Waals surface area contributed by atoms with Gasteiger partial charge < -0.3 is 20.7 Å². The molecule has 3 rings (SSSR count). The number of ether oxygens (including phenoxy) is 1. The minimum Gasteiger partial charge on any atom is -0.469 e. The van der Waals surface area contributed by atoms with Crippen LogP contribution < -0.4 is 16.0 Å². The molecular weight excluding hydrogens is 408 g/mol. The van der Waals surface area contributed by atoms with E-state index in [-0.39, 0.29) is 30.7 Å². The lowest BCUT2D eigenvalue weighted by molar-refractivity contribution is -0.146. The maximum absolute atomic E-state index is 12.4. The Morgan fingerprint density at radius 1 is 1.17 bits per heavy atom. The Morgan fingerprint density at radius 3 is 2.50 bits per heavy atom. The third kappa shape index (κ3) is 5.65. The van der Waals surface area contributed by atoms with Crippen molar-refractivity contribution in [1.82, 2.24) is 10.2 Å². The van der Waals surface area contributed by atoms with Gasteiger partial charge in [-0.15, -0.1) is 11.3 Å². The molecule has 0 radical (unpaired) electrons. The highest BCUT2D eigenvalue weighted by atomic mass is 32.1. The van der Waals surface area contributed by atoms with Gasteiger partial charge in [0.15, 0.2) is 0 Å². The van der Waals surface area contributed by atoms with E-state index in [1.54, 1.807) is 41.3 Å². The van der Waals surface area contributed by atoms with E-state index in [0.717, 1.165) is 0 Å². The summed E-state index contributed by atoms with van der Waals surface area (Å²) in [6, 6.07) is 9.54. The van der Waals surface area contributed by atoms with Gasteiger partial charge in [-0.25, -0.2) is 0 Å². The van der Waals surface area contributed by atoms with Crippen LogP contribution in [-0.2, 0) is 19.1 Å². The van der Waals surface area contributed by atoms with Gasteiger partial charge in [-0.2, -0.15) is 0 Å². The number of carbonyl (C=O) groups is 4. The molecule has 0 aliphatic carbocycles. The van der Waals surface area contributed by atoms with Crippen LogP contribution in [0.3, 0.4) is 0 Å². The summed E-state index contributed by atoms with van der Waals surface area (Å²) in [5.41, 5.74) is 1.16. The van der Waals surface area contributed by atoms with Crippen LogP contribution in [0.5, 0.6) is 0 Å². The molecule has 9 nitrogen and oxygen atoms in total. The zero-order valence-electron chi connectivity index (χ0n) is 16.3. The molecule has 1 saturated heterocycles. The lowest BCUT2D eigenvalue weighted by atomic mass is 10.1. The first-order valence-corrected chi connectivity index (χ1v) is 10.2. The van der Waals surface area contributed by atoms with Gasteiger partial charge in [-0.05, 0) is 35.7 Å². The van der Waals surface area contributed by atoms with Gasteiger partial charge in [-0.1, -0.05) is 6.07 Å². The summed E-state index contributed by atoms with van der Waals surface area (Å²) < 4.78 is 4.64. The molecule has 0 spiro atoms. The number of methoxy groups -OCH3 is 1. The quantitative estimate of drug-likeness (QED) is 0.570. The van der Waals surface area contributed by atoms with Gasteiger partial charge in [0.25, 0.3) is 5.91 Å². The zero-order valence-corrected chi connectivity index (χ0v) is 17.2. The van der Waals surface area contributed by atoms with Crippen molar-refractivity contribution in [1.29, 1.82) is 0 Å². The molecule has 0 saturated carbocycles. The highest BCUT2D eigenvalue weighted by molar-refractivity contribution is 7.12. The van der Waals surface area contributed by atoms with E-state index < -0.39 is 12.0 Å². The molecule has 1 aromatic heterocycles. The molecule has 3 N–H and O–H groups in total. The highest BCUT2D eigenvalue weighted by Gasteiger charge is 2.33. The molecule has 10 heteroatoms. The second-order valence-electron chi connectivity index (χ2n) is 6.61. The SMILES string of the molecule is COC(=O)CC1C(=O)NCCN1CC(=O)Nc1ccc(NC(=O)c2cccs2)cc1. The van der Waals surface area contributed by atoms with Crippen LogP contribution >= 0.6 is 11.3 Å². The van der Waals surface area contributed by atoms with Crippen LogP contribution in [0.2, 0.25) is 0 Å². The molecule has 1 atom stereocenters. The lowest BCUT2D eigenvalue weighted by Gasteiger charge is -2.33. The summed E-state index contributed by atoms with van der Waals surface area (Å²) in [5, 5.41) is 10.1. The predicted molar refractivity (Wildman–Crippen MR) is 112 cm³/mol. The molecule has 1 unspecified atom stereocenters. The van der Waals surface area contributed by atoms with Crippen LogP contribution in [0, 0.1) is 0 Å². The van der Waals surface area contributed by atoms with Crippen LogP contribution in [-0.4, -0.2) is 61.4 Å². The first-order chi connectivity index (χ1) is 14.5. The third-order valence-electron chi connectivity index (χ3n) is 4.55. The molecule has 30 heavy (non-hydrogen) atoms. The van der Waals surface area contributed by atoms with E-state index in [2.05, 4.69) is 20.7 Å². The maximum atomic E-state index is 12.4. The molecule has 2 heterocycles. The fourth-order valence-electron chi connectivity index (χ4n) is 3.04. The molecule has 0 bridgehead atoms. The number of hydrogen-bond acceptors (Lipinski definition) is 7. The number of carbonyl (C=O) groups excluding carboxylic acids is 4. The summed E-state index contributed by atoms with van der Waals surface area (Å²) in [4.78, 5) is 50.4. The van der Waals surface area contributed by atoms with Crippen molar-refractivity contribution in [3.8, 4) is 0 Å². The second-order valence-corrected chi connectivity index (χ2v) is 7.56. The number of benzene rings is 1. The van der Waals surface area contributed by atoms with Crippen molar-refractivity contribution in [3.05, 3.63) is 46.7 Å². The van der Waals surface area contributed by atoms with Crippen molar-refractivity contribution in [3.63, 3.8) is 0 Å². The van der Waals surface area contributed by atoms with Gasteiger partial charge in [0.2, 0.25) is 11.8 Å². The largest absolute Gasteiger partial charge is 0.469 e. The molecule has 2 aromatic rings. The van der Waals surface area contributed by atoms with E-state index in [9.17, 15) is 19.2 Å². The number of rotatable bonds is 7. The highest BCUT2D eigenvalue weighted by Crippen LogP contribution is 2.17. The first kappa shape index (κ1) is 21.5. The Hall–Kier alpha value is -3.24. The van der Waals surface area contributed by atoms with Gasteiger partial charge >= 0.3 is 5.97 Å². The van der Waals surface area contributed by atoms with E-state index in [1.807, 2.05) is 5.38 Å². The van der Waals surface area contributed by atoms with Crippen LogP contribution in [0.15, 0.2) is 41.8 Å².